The van der Waals surface area contributed by atoms with E-state index in [9.17, 15) is 44.1 Å². The molecule has 3 saturated heterocycles. The highest BCUT2D eigenvalue weighted by atomic mass is 19.1. The van der Waals surface area contributed by atoms with Crippen molar-refractivity contribution in [2.24, 2.45) is 0 Å². The summed E-state index contributed by atoms with van der Waals surface area (Å²) in [6.07, 6.45) is 8.52. The Morgan fingerprint density at radius 3 is 0.905 bits per heavy atom. The third-order valence-corrected chi connectivity index (χ3v) is 23.2. The van der Waals surface area contributed by atoms with E-state index in [4.69, 9.17) is 14.2 Å². The molecule has 3 atom stereocenters. The molecule has 9 aromatic heterocycles. The molecule has 3 amide bonds. The Bertz CT molecular complexity index is 6090. The number of fused-ring (bicyclic) bond motifs is 6. The van der Waals surface area contributed by atoms with Crippen LogP contribution in [0.5, 0.6) is 34.9 Å². The Hall–Kier alpha value is -14.6. The second-order valence-electron chi connectivity index (χ2n) is 32.0. The Morgan fingerprint density at radius 1 is 0.405 bits per heavy atom. The summed E-state index contributed by atoms with van der Waals surface area (Å²) in [5.41, 5.74) is -1.40. The highest BCUT2D eigenvalue weighted by Gasteiger charge is 2.43. The Kier molecular flexibility index (Phi) is 22.6. The smallest absolute Gasteiger partial charge is 0.354 e. The fourth-order valence-electron chi connectivity index (χ4n) is 17.2. The van der Waals surface area contributed by atoms with Gasteiger partial charge in [0.15, 0.2) is 17.5 Å². The van der Waals surface area contributed by atoms with Crippen molar-refractivity contribution in [2.45, 2.75) is 98.2 Å². The summed E-state index contributed by atoms with van der Waals surface area (Å²) >= 11 is 0. The third kappa shape index (κ3) is 14.5. The van der Waals surface area contributed by atoms with Crippen molar-refractivity contribution >= 4 is 67.9 Å². The van der Waals surface area contributed by atoms with E-state index in [-0.39, 0.29) is 143 Å². The molecule has 3 N–H and O–H groups in total. The third-order valence-electron chi connectivity index (χ3n) is 23.2. The number of nitrogens with zero attached hydrogens (tertiary/aromatic N) is 18. The lowest BCUT2D eigenvalue weighted by atomic mass is 10.0. The summed E-state index contributed by atoms with van der Waals surface area (Å²) in [5, 5.41) is 32.1. The SMILES string of the molecule is C=CC(=O)N1CCN2c3nc(=O)n(-c4c(C)ccnc4C(C)C)c4c(F)c(-c5c(O)cccc5F)nc(c34)OC[C@H]2C1.C=CC(=O)N1CCN2c3nc(=O)n(-c4c(C)ccnc4C(C)C)c4c(F)c(-c5c(O)cccc5F)nc(c34)OC[C@H]2C1.C=CC(=O)N1CCN2c3nc(=O)n(-c4c(C)ccnc4C(C)C)c4c(F)c(-c5c(O)cccc5F)nc(c34)OC[C@H]2C1. The monoisotopic (exact) mass is 1720 g/mol. The number of phenols is 3. The van der Waals surface area contributed by atoms with Gasteiger partial charge in [-0.3, -0.25) is 43.0 Å². The van der Waals surface area contributed by atoms with E-state index in [1.54, 1.807) is 72.3 Å². The van der Waals surface area contributed by atoms with Crippen LogP contribution in [-0.4, -0.2) is 203 Å². The van der Waals surface area contributed by atoms with Crippen LogP contribution < -0.4 is 46.0 Å². The topological polar surface area (TPSA) is 341 Å². The summed E-state index contributed by atoms with van der Waals surface area (Å²) in [6.45, 7) is 30.0. The Labute approximate surface area is 714 Å². The maximum absolute atomic E-state index is 16.9. The van der Waals surface area contributed by atoms with E-state index in [1.807, 2.05) is 56.2 Å². The van der Waals surface area contributed by atoms with Crippen molar-refractivity contribution in [2.75, 3.05) is 93.4 Å². The normalized spacial score (nSPS) is 16.3. The molecule has 0 radical (unpaired) electrons. The minimum absolute atomic E-state index is 0.0189. The van der Waals surface area contributed by atoms with E-state index >= 15 is 26.3 Å². The van der Waals surface area contributed by atoms with Gasteiger partial charge in [-0.1, -0.05) is 79.5 Å². The predicted molar refractivity (Wildman–Crippen MR) is 457 cm³/mol. The van der Waals surface area contributed by atoms with Crippen LogP contribution >= 0.6 is 0 Å². The zero-order valence-electron chi connectivity index (χ0n) is 69.8. The first-order valence-corrected chi connectivity index (χ1v) is 40.6. The predicted octanol–water partition coefficient (Wildman–Crippen LogP) is 11.6. The van der Waals surface area contributed by atoms with Gasteiger partial charge in [0.1, 0.15) is 122 Å². The van der Waals surface area contributed by atoms with E-state index in [0.29, 0.717) is 90.1 Å². The Morgan fingerprint density at radius 2 is 0.667 bits per heavy atom. The number of aromatic hydroxyl groups is 3. The van der Waals surface area contributed by atoms with Gasteiger partial charge in [0, 0.05) is 77.5 Å². The number of phenolic OH excluding ortho intramolecular Hbond substituents is 3. The highest BCUT2D eigenvalue weighted by Crippen LogP contribution is 2.49. The molecule has 6 aliphatic heterocycles. The number of halogens is 6. The first kappa shape index (κ1) is 85.0. The first-order valence-electron chi connectivity index (χ1n) is 40.6. The molecule has 0 unspecified atom stereocenters. The lowest BCUT2D eigenvalue weighted by Gasteiger charge is -2.40. The fourth-order valence-corrected chi connectivity index (χ4v) is 17.2. The molecule has 6 aliphatic rings. The number of carbonyl (C=O) groups is 3. The molecule has 126 heavy (non-hydrogen) atoms. The quantitative estimate of drug-likeness (QED) is 0.0755. The number of piperazine rings is 3. The zero-order chi connectivity index (χ0) is 89.6. The zero-order valence-corrected chi connectivity index (χ0v) is 69.8. The average Bonchev–Trinajstić information content (AvgIpc) is 1.38. The van der Waals surface area contributed by atoms with Crippen LogP contribution in [0, 0.1) is 55.7 Å². The molecule has 36 heteroatoms. The average molecular weight is 1720 g/mol. The summed E-state index contributed by atoms with van der Waals surface area (Å²) in [5.74, 6) is -8.36. The van der Waals surface area contributed by atoms with Crippen LogP contribution in [-0.2, 0) is 14.4 Å². The molecule has 0 aliphatic carbocycles. The number of anilines is 3. The molecule has 30 nitrogen and oxygen atoms in total. The summed E-state index contributed by atoms with van der Waals surface area (Å²) in [4.78, 5) is 129. The van der Waals surface area contributed by atoms with Crippen LogP contribution in [0.3, 0.4) is 0 Å². The number of hydrogen-bond donors (Lipinski definition) is 3. The maximum atomic E-state index is 16.9. The molecule has 3 aromatic carbocycles. The molecular weight excluding hydrogens is 1640 g/mol. The first-order chi connectivity index (χ1) is 60.3. The van der Waals surface area contributed by atoms with Gasteiger partial charge in [0.05, 0.1) is 69.0 Å². The highest BCUT2D eigenvalue weighted by molar-refractivity contribution is 6.02. The van der Waals surface area contributed by atoms with Gasteiger partial charge in [-0.15, -0.1) is 0 Å². The number of pyridine rings is 6. The number of carbonyl (C=O) groups excluding carboxylic acids is 3. The summed E-state index contributed by atoms with van der Waals surface area (Å²) < 4.78 is 118. The molecule has 0 spiro atoms. The van der Waals surface area contributed by atoms with E-state index < -0.39 is 121 Å². The van der Waals surface area contributed by atoms with Crippen molar-refractivity contribution in [3.63, 3.8) is 0 Å². The van der Waals surface area contributed by atoms with Crippen LogP contribution in [0.2, 0.25) is 0 Å². The van der Waals surface area contributed by atoms with Crippen LogP contribution in [0.15, 0.2) is 144 Å². The molecule has 12 aromatic rings. The summed E-state index contributed by atoms with van der Waals surface area (Å²) in [6, 6.07) is 14.6. The van der Waals surface area contributed by atoms with Crippen LogP contribution in [0.4, 0.5) is 43.8 Å². The van der Waals surface area contributed by atoms with Gasteiger partial charge in [0.2, 0.25) is 35.4 Å². The number of aryl methyl sites for hydroxylation is 3. The van der Waals surface area contributed by atoms with Gasteiger partial charge in [-0.05, 0) is 128 Å². The van der Waals surface area contributed by atoms with Gasteiger partial charge in [-0.25, -0.2) is 55.7 Å². The molecule has 15 heterocycles. The largest absolute Gasteiger partial charge is 0.507 e. The van der Waals surface area contributed by atoms with Gasteiger partial charge in [0.25, 0.3) is 0 Å². The van der Waals surface area contributed by atoms with Gasteiger partial charge in [-0.2, -0.15) is 15.0 Å². The van der Waals surface area contributed by atoms with Crippen molar-refractivity contribution in [1.82, 2.24) is 73.3 Å². The number of ether oxygens (including phenoxy) is 3. The van der Waals surface area contributed by atoms with Crippen LogP contribution in [0.25, 0.3) is 83.5 Å². The minimum Gasteiger partial charge on any atom is -0.507 e. The van der Waals surface area contributed by atoms with Gasteiger partial charge >= 0.3 is 17.1 Å². The van der Waals surface area contributed by atoms with Crippen LogP contribution in [0.1, 0.15) is 93.1 Å². The number of rotatable bonds is 12. The molecule has 648 valence electrons. The number of hydrogen-bond acceptors (Lipinski definition) is 24. The van der Waals surface area contributed by atoms with Gasteiger partial charge < -0.3 is 58.9 Å². The maximum Gasteiger partial charge on any atom is 0.354 e. The second kappa shape index (κ2) is 33.6. The van der Waals surface area contributed by atoms with Crippen molar-refractivity contribution in [3.8, 4) is 85.7 Å². The molecule has 18 rings (SSSR count). The standard InChI is InChI=1S/3C30H28F2N6O4/c3*1-5-20(40)36-11-12-37-17(13-36)14-42-29-22-27(23(32)25(34-29)21-18(31)7-6-8-19(21)39)38(30(41)35-28(22)37)26-16(4)9-10-33-24(26)15(2)3/h3*5-10,15,17,39H,1,11-14H2,2-4H3/t3*17-/m111/s1. The number of amides is 3. The molecule has 0 bridgehead atoms. The number of aromatic nitrogens is 12. The lowest BCUT2D eigenvalue weighted by molar-refractivity contribution is -0.127. The van der Waals surface area contributed by atoms with Crippen molar-refractivity contribution < 1.29 is 70.3 Å². The summed E-state index contributed by atoms with van der Waals surface area (Å²) in [7, 11) is 0. The van der Waals surface area contributed by atoms with Crippen molar-refractivity contribution in [1.29, 1.82) is 0 Å². The van der Waals surface area contributed by atoms with E-state index in [0.717, 1.165) is 31.9 Å². The van der Waals surface area contributed by atoms with E-state index in [2.05, 4.69) is 64.6 Å². The number of benzene rings is 3. The second-order valence-corrected chi connectivity index (χ2v) is 32.0. The minimum atomic E-state index is -1.03. The lowest BCUT2D eigenvalue weighted by Crippen LogP contribution is -2.56. The Balaban J connectivity index is 0.000000139. The van der Waals surface area contributed by atoms with E-state index in [1.165, 1.54) is 54.6 Å². The fraction of sp³-hybridized carbons (Fsp3) is 0.300. The molecular formula is C90H84F6N18O12. The molecule has 3 fully saturated rings. The molecule has 0 saturated carbocycles. The van der Waals surface area contributed by atoms with Crippen molar-refractivity contribution in [3.05, 3.63) is 229 Å².